The number of fused-ring (bicyclic) bond motifs is 1. The molecule has 23 heavy (non-hydrogen) atoms. The van der Waals surface area contributed by atoms with E-state index in [9.17, 15) is 17.1 Å². The number of likely N-dealkylation sites (tertiary alicyclic amines) is 1. The summed E-state index contributed by atoms with van der Waals surface area (Å²) < 4.78 is 36.8. The Labute approximate surface area is 134 Å². The lowest BCUT2D eigenvalue weighted by molar-refractivity contribution is -0.135. The van der Waals surface area contributed by atoms with E-state index in [1.54, 1.807) is 4.90 Å². The van der Waals surface area contributed by atoms with Crippen LogP contribution in [0.5, 0.6) is 0 Å². The van der Waals surface area contributed by atoms with E-state index in [-0.39, 0.29) is 37.9 Å². The molecule has 7 heteroatoms. The van der Waals surface area contributed by atoms with Crippen molar-refractivity contribution in [2.24, 2.45) is 0 Å². The molecule has 2 heterocycles. The third-order valence-electron chi connectivity index (χ3n) is 4.56. The molecule has 0 radical (unpaired) electrons. The molecule has 1 amide bonds. The highest BCUT2D eigenvalue weighted by Gasteiger charge is 2.33. The molecular formula is C16H19FN2O3S. The number of carbonyl (C=O) groups is 1. The Morgan fingerprint density at radius 2 is 1.87 bits per heavy atom. The second-order valence-electron chi connectivity index (χ2n) is 5.96. The first-order chi connectivity index (χ1) is 10.9. The summed E-state index contributed by atoms with van der Waals surface area (Å²) in [7, 11) is -4.51. The van der Waals surface area contributed by atoms with Crippen LogP contribution < -0.4 is 0 Å². The van der Waals surface area contributed by atoms with Gasteiger partial charge in [-0.25, -0.2) is 0 Å². The summed E-state index contributed by atoms with van der Waals surface area (Å²) >= 11 is 0. The van der Waals surface area contributed by atoms with E-state index in [1.807, 2.05) is 48.0 Å². The van der Waals surface area contributed by atoms with E-state index in [2.05, 4.69) is 0 Å². The number of benzene rings is 1. The number of carbonyl (C=O) groups excluding carboxylic acids is 1. The average Bonchev–Trinajstić information content (AvgIpc) is 2.97. The van der Waals surface area contributed by atoms with Gasteiger partial charge in [0.15, 0.2) is 0 Å². The maximum atomic E-state index is 13.0. The highest BCUT2D eigenvalue weighted by atomic mass is 32.3. The Hall–Kier alpha value is -1.89. The van der Waals surface area contributed by atoms with Crippen molar-refractivity contribution in [1.29, 1.82) is 0 Å². The number of piperidine rings is 1. The van der Waals surface area contributed by atoms with Crippen LogP contribution in [-0.4, -0.2) is 42.1 Å². The van der Waals surface area contributed by atoms with Crippen molar-refractivity contribution in [3.8, 4) is 0 Å². The number of amides is 1. The molecule has 1 aliphatic heterocycles. The Morgan fingerprint density at radius 3 is 2.52 bits per heavy atom. The molecule has 0 N–H and O–H groups in total. The summed E-state index contributed by atoms with van der Waals surface area (Å²) in [4.78, 5) is 14.3. The van der Waals surface area contributed by atoms with Gasteiger partial charge in [0, 0.05) is 24.8 Å². The fraction of sp³-hybridized carbons (Fsp3) is 0.438. The van der Waals surface area contributed by atoms with Crippen LogP contribution >= 0.6 is 0 Å². The molecule has 0 aliphatic carbocycles. The number of hydrogen-bond acceptors (Lipinski definition) is 3. The van der Waals surface area contributed by atoms with Crippen LogP contribution in [-0.2, 0) is 15.0 Å². The van der Waals surface area contributed by atoms with Gasteiger partial charge < -0.3 is 9.47 Å². The van der Waals surface area contributed by atoms with Gasteiger partial charge in [-0.3, -0.25) is 4.79 Å². The molecule has 1 aliphatic rings. The maximum absolute atomic E-state index is 13.0. The number of halogens is 1. The zero-order valence-corrected chi connectivity index (χ0v) is 13.7. The molecule has 3 rings (SSSR count). The van der Waals surface area contributed by atoms with Crippen molar-refractivity contribution in [2.45, 2.75) is 31.1 Å². The second kappa shape index (κ2) is 5.96. The molecular weight excluding hydrogens is 319 g/mol. The molecule has 1 unspecified atom stereocenters. The first kappa shape index (κ1) is 16.0. The number of rotatable bonds is 3. The minimum atomic E-state index is -4.51. The topological polar surface area (TPSA) is 59.4 Å². The third-order valence-corrected chi connectivity index (χ3v) is 5.82. The Morgan fingerprint density at radius 1 is 1.22 bits per heavy atom. The van der Waals surface area contributed by atoms with Crippen LogP contribution in [0.4, 0.5) is 3.89 Å². The first-order valence-corrected chi connectivity index (χ1v) is 9.10. The van der Waals surface area contributed by atoms with E-state index >= 15 is 0 Å². The van der Waals surface area contributed by atoms with Gasteiger partial charge in [0.25, 0.3) is 0 Å². The average molecular weight is 338 g/mol. The lowest BCUT2D eigenvalue weighted by Crippen LogP contribution is -2.44. The quantitative estimate of drug-likeness (QED) is 0.808. The highest BCUT2D eigenvalue weighted by molar-refractivity contribution is 7.87. The zero-order chi connectivity index (χ0) is 16.6. The molecule has 124 valence electrons. The van der Waals surface area contributed by atoms with Gasteiger partial charge in [0.05, 0.1) is 5.25 Å². The molecule has 0 spiro atoms. The first-order valence-electron chi connectivity index (χ1n) is 7.66. The molecule has 0 bridgehead atoms. The van der Waals surface area contributed by atoms with Crippen molar-refractivity contribution in [3.63, 3.8) is 0 Å². The van der Waals surface area contributed by atoms with Gasteiger partial charge >= 0.3 is 10.2 Å². The highest BCUT2D eigenvalue weighted by Crippen LogP contribution is 2.24. The molecule has 5 nitrogen and oxygen atoms in total. The standard InChI is InChI=1S/C16H19FN2O3S/c1-12(19-11-6-13-4-2-3-5-15(13)19)16(20)18-9-7-14(8-10-18)23(17,21)22/h2-6,11-12,14H,7-10H2,1H3. The van der Waals surface area contributed by atoms with Crippen LogP contribution in [0, 0.1) is 0 Å². The summed E-state index contributed by atoms with van der Waals surface area (Å²) in [6.07, 6.45) is 2.19. The summed E-state index contributed by atoms with van der Waals surface area (Å²) in [6.45, 7) is 2.37. The normalized spacial score (nSPS) is 18.3. The lowest BCUT2D eigenvalue weighted by atomic mass is 10.1. The fourth-order valence-corrected chi connectivity index (χ4v) is 3.96. The van der Waals surface area contributed by atoms with Crippen LogP contribution in [0.3, 0.4) is 0 Å². The minimum Gasteiger partial charge on any atom is -0.341 e. The fourth-order valence-electron chi connectivity index (χ4n) is 3.18. The van der Waals surface area contributed by atoms with Gasteiger partial charge in [-0.2, -0.15) is 8.42 Å². The van der Waals surface area contributed by atoms with E-state index in [1.165, 1.54) is 0 Å². The molecule has 1 fully saturated rings. The van der Waals surface area contributed by atoms with Gasteiger partial charge in [-0.15, -0.1) is 3.89 Å². The molecule has 1 saturated heterocycles. The number of aromatic nitrogens is 1. The second-order valence-corrected chi connectivity index (χ2v) is 7.58. The van der Waals surface area contributed by atoms with Crippen molar-refractivity contribution in [1.82, 2.24) is 9.47 Å². The van der Waals surface area contributed by atoms with E-state index in [0.29, 0.717) is 0 Å². The van der Waals surface area contributed by atoms with Crippen molar-refractivity contribution in [2.75, 3.05) is 13.1 Å². The van der Waals surface area contributed by atoms with Gasteiger partial charge in [0.2, 0.25) is 5.91 Å². The van der Waals surface area contributed by atoms with Gasteiger partial charge in [0.1, 0.15) is 6.04 Å². The van der Waals surface area contributed by atoms with E-state index in [4.69, 9.17) is 0 Å². The Balaban J connectivity index is 1.74. The van der Waals surface area contributed by atoms with Crippen LogP contribution in [0.2, 0.25) is 0 Å². The summed E-state index contributed by atoms with van der Waals surface area (Å²) in [5.41, 5.74) is 0.981. The van der Waals surface area contributed by atoms with E-state index in [0.717, 1.165) is 10.9 Å². The van der Waals surface area contributed by atoms with Crippen molar-refractivity contribution >= 4 is 27.0 Å². The number of nitrogens with zero attached hydrogens (tertiary/aromatic N) is 2. The molecule has 1 aromatic heterocycles. The van der Waals surface area contributed by atoms with Crippen LogP contribution in [0.15, 0.2) is 36.5 Å². The monoisotopic (exact) mass is 338 g/mol. The predicted octanol–water partition coefficient (Wildman–Crippen LogP) is 2.49. The van der Waals surface area contributed by atoms with Crippen molar-refractivity contribution in [3.05, 3.63) is 36.5 Å². The Bertz CT molecular complexity index is 823. The minimum absolute atomic E-state index is 0.0685. The smallest absolute Gasteiger partial charge is 0.305 e. The van der Waals surface area contributed by atoms with Crippen molar-refractivity contribution < 1.29 is 17.1 Å². The maximum Gasteiger partial charge on any atom is 0.305 e. The largest absolute Gasteiger partial charge is 0.341 e. The Kier molecular flexibility index (Phi) is 4.14. The van der Waals surface area contributed by atoms with Gasteiger partial charge in [-0.1, -0.05) is 18.2 Å². The van der Waals surface area contributed by atoms with Gasteiger partial charge in [-0.05, 0) is 37.3 Å². The lowest BCUT2D eigenvalue weighted by Gasteiger charge is -2.32. The molecule has 1 aromatic carbocycles. The predicted molar refractivity (Wildman–Crippen MR) is 86.3 cm³/mol. The SMILES string of the molecule is CC(C(=O)N1CCC(S(=O)(=O)F)CC1)n1ccc2ccccc21. The molecule has 2 aromatic rings. The van der Waals surface area contributed by atoms with Crippen LogP contribution in [0.25, 0.3) is 10.9 Å². The third kappa shape index (κ3) is 3.10. The summed E-state index contributed by atoms with van der Waals surface area (Å²) in [6, 6.07) is 9.39. The summed E-state index contributed by atoms with van der Waals surface area (Å²) in [5, 5.41) is 0.0867. The number of hydrogen-bond donors (Lipinski definition) is 0. The molecule has 1 atom stereocenters. The van der Waals surface area contributed by atoms with Crippen LogP contribution in [0.1, 0.15) is 25.8 Å². The number of para-hydroxylation sites is 1. The van der Waals surface area contributed by atoms with E-state index < -0.39 is 15.5 Å². The summed E-state index contributed by atoms with van der Waals surface area (Å²) in [5.74, 6) is -0.0685. The zero-order valence-electron chi connectivity index (χ0n) is 12.9. The molecule has 0 saturated carbocycles.